The van der Waals surface area contributed by atoms with Gasteiger partial charge in [0.25, 0.3) is 0 Å². The molecule has 0 N–H and O–H groups in total. The molecule has 1 aliphatic rings. The molecular weight excluding hydrogens is 278 g/mol. The molecule has 1 heterocycles. The van der Waals surface area contributed by atoms with Crippen LogP contribution in [0.15, 0.2) is 24.3 Å². The van der Waals surface area contributed by atoms with Crippen molar-refractivity contribution in [3.05, 3.63) is 29.8 Å². The van der Waals surface area contributed by atoms with E-state index in [2.05, 4.69) is 4.74 Å². The third-order valence-electron chi connectivity index (χ3n) is 3.00. The number of benzene rings is 1. The number of carbonyl (C=O) groups excluding carboxylic acids is 3. The summed E-state index contributed by atoms with van der Waals surface area (Å²) in [5.41, 5.74) is 1.06. The van der Waals surface area contributed by atoms with Crippen molar-refractivity contribution in [2.45, 2.75) is 18.6 Å². The minimum absolute atomic E-state index is 0.00737. The van der Waals surface area contributed by atoms with Crippen LogP contribution in [0.1, 0.15) is 23.7 Å². The summed E-state index contributed by atoms with van der Waals surface area (Å²) < 4.78 is 4.66. The molecule has 1 aliphatic heterocycles. The average molecular weight is 293 g/mol. The van der Waals surface area contributed by atoms with E-state index in [0.717, 1.165) is 0 Å². The Morgan fingerprint density at radius 3 is 2.80 bits per heavy atom. The van der Waals surface area contributed by atoms with Crippen LogP contribution in [0.2, 0.25) is 0 Å². The highest BCUT2D eigenvalue weighted by Crippen LogP contribution is 2.29. The number of anilines is 1. The van der Waals surface area contributed by atoms with E-state index in [-0.39, 0.29) is 16.3 Å². The Hall–Kier alpha value is -1.82. The third kappa shape index (κ3) is 3.19. The van der Waals surface area contributed by atoms with Crippen molar-refractivity contribution in [1.82, 2.24) is 0 Å². The lowest BCUT2D eigenvalue weighted by atomic mass is 10.2. The molecule has 0 aromatic heterocycles. The molecule has 0 saturated carbocycles. The van der Waals surface area contributed by atoms with E-state index in [1.54, 1.807) is 29.2 Å². The van der Waals surface area contributed by atoms with Crippen molar-refractivity contribution >= 4 is 34.4 Å². The predicted octanol–water partition coefficient (Wildman–Crippen LogP) is 1.86. The quantitative estimate of drug-likeness (QED) is 0.796. The number of hydrogen-bond acceptors (Lipinski definition) is 5. The van der Waals surface area contributed by atoms with Crippen molar-refractivity contribution in [1.29, 1.82) is 0 Å². The van der Waals surface area contributed by atoms with E-state index >= 15 is 0 Å². The Kier molecular flexibility index (Phi) is 4.44. The Morgan fingerprint density at radius 2 is 2.15 bits per heavy atom. The molecule has 1 aromatic rings. The summed E-state index contributed by atoms with van der Waals surface area (Å²) in [5.74, 6) is -0.473. The summed E-state index contributed by atoms with van der Waals surface area (Å²) >= 11 is 1.19. The Labute approximate surface area is 121 Å². The van der Waals surface area contributed by atoms with E-state index in [1.165, 1.54) is 25.8 Å². The topological polar surface area (TPSA) is 63.7 Å². The molecule has 106 valence electrons. The van der Waals surface area contributed by atoms with Gasteiger partial charge in [-0.2, -0.15) is 0 Å². The third-order valence-corrected chi connectivity index (χ3v) is 3.98. The smallest absolute Gasteiger partial charge is 0.337 e. The monoisotopic (exact) mass is 293 g/mol. The van der Waals surface area contributed by atoms with Gasteiger partial charge >= 0.3 is 5.97 Å². The number of amides is 1. The molecule has 2 rings (SSSR count). The highest BCUT2D eigenvalue weighted by molar-refractivity contribution is 8.14. The van der Waals surface area contributed by atoms with Crippen LogP contribution < -0.4 is 4.90 Å². The first-order valence-corrected chi connectivity index (χ1v) is 7.05. The van der Waals surface area contributed by atoms with Crippen LogP contribution in [0.3, 0.4) is 0 Å². The highest BCUT2D eigenvalue weighted by atomic mass is 32.2. The number of esters is 1. The fourth-order valence-electron chi connectivity index (χ4n) is 2.16. The molecule has 20 heavy (non-hydrogen) atoms. The standard InChI is InChI=1S/C14H15NO4S/c1-9(16)20-12-7-13(17)15(8-12)11-5-3-4-10(6-11)14(18)19-2/h3-6,12H,7-8H2,1-2H3. The molecule has 6 heteroatoms. The number of ether oxygens (including phenoxy) is 1. The number of hydrogen-bond donors (Lipinski definition) is 0. The molecule has 1 aromatic carbocycles. The molecule has 0 radical (unpaired) electrons. The van der Waals surface area contributed by atoms with Gasteiger partial charge in [0.1, 0.15) is 0 Å². The van der Waals surface area contributed by atoms with Gasteiger partial charge in [-0.3, -0.25) is 9.59 Å². The fraction of sp³-hybridized carbons (Fsp3) is 0.357. The molecule has 1 amide bonds. The molecular formula is C14H15NO4S. The zero-order chi connectivity index (χ0) is 14.7. The first-order valence-electron chi connectivity index (χ1n) is 6.17. The van der Waals surface area contributed by atoms with Crippen LogP contribution in [-0.4, -0.2) is 35.9 Å². The van der Waals surface area contributed by atoms with Gasteiger partial charge in [0.15, 0.2) is 5.12 Å². The number of rotatable bonds is 3. The first kappa shape index (κ1) is 14.6. The van der Waals surface area contributed by atoms with E-state index < -0.39 is 5.97 Å². The number of thioether (sulfide) groups is 1. The SMILES string of the molecule is COC(=O)c1cccc(N2CC(SC(C)=O)CC2=O)c1. The van der Waals surface area contributed by atoms with Gasteiger partial charge < -0.3 is 9.64 Å². The maximum absolute atomic E-state index is 12.0. The maximum atomic E-state index is 12.0. The predicted molar refractivity (Wildman–Crippen MR) is 76.8 cm³/mol. The second kappa shape index (κ2) is 6.09. The zero-order valence-electron chi connectivity index (χ0n) is 11.3. The lowest BCUT2D eigenvalue weighted by molar-refractivity contribution is -0.117. The van der Waals surface area contributed by atoms with Gasteiger partial charge in [0.2, 0.25) is 5.91 Å². The van der Waals surface area contributed by atoms with Crippen LogP contribution in [-0.2, 0) is 14.3 Å². The zero-order valence-corrected chi connectivity index (χ0v) is 12.1. The Morgan fingerprint density at radius 1 is 1.40 bits per heavy atom. The first-order chi connectivity index (χ1) is 9.51. The normalized spacial score (nSPS) is 18.2. The van der Waals surface area contributed by atoms with Crippen LogP contribution in [0.4, 0.5) is 5.69 Å². The van der Waals surface area contributed by atoms with Crippen molar-refractivity contribution in [2.24, 2.45) is 0 Å². The average Bonchev–Trinajstić information content (AvgIpc) is 2.78. The largest absolute Gasteiger partial charge is 0.465 e. The lowest BCUT2D eigenvalue weighted by Gasteiger charge is -2.17. The molecule has 5 nitrogen and oxygen atoms in total. The Bertz CT molecular complexity index is 558. The second-order valence-corrected chi connectivity index (χ2v) is 5.96. The molecule has 1 saturated heterocycles. The number of methoxy groups -OCH3 is 1. The molecule has 0 aliphatic carbocycles. The summed E-state index contributed by atoms with van der Waals surface area (Å²) in [6, 6.07) is 6.74. The van der Waals surface area contributed by atoms with Crippen LogP contribution >= 0.6 is 11.8 Å². The van der Waals surface area contributed by atoms with E-state index in [0.29, 0.717) is 24.2 Å². The summed E-state index contributed by atoms with van der Waals surface area (Å²) in [4.78, 5) is 36.2. The summed E-state index contributed by atoms with van der Waals surface area (Å²) in [5, 5.41) is -0.0188. The van der Waals surface area contributed by atoms with E-state index in [9.17, 15) is 14.4 Å². The summed E-state index contributed by atoms with van der Waals surface area (Å²) in [6.45, 7) is 1.98. The maximum Gasteiger partial charge on any atom is 0.337 e. The van der Waals surface area contributed by atoms with E-state index in [4.69, 9.17) is 0 Å². The van der Waals surface area contributed by atoms with Gasteiger partial charge in [0, 0.05) is 30.8 Å². The van der Waals surface area contributed by atoms with Crippen molar-refractivity contribution in [2.75, 3.05) is 18.6 Å². The van der Waals surface area contributed by atoms with Gasteiger partial charge in [-0.05, 0) is 18.2 Å². The number of nitrogens with zero attached hydrogens (tertiary/aromatic N) is 1. The lowest BCUT2D eigenvalue weighted by Crippen LogP contribution is -2.25. The molecule has 1 fully saturated rings. The van der Waals surface area contributed by atoms with Crippen LogP contribution in [0, 0.1) is 0 Å². The summed E-state index contributed by atoms with van der Waals surface area (Å²) in [6.07, 6.45) is 0.340. The molecule has 0 bridgehead atoms. The van der Waals surface area contributed by atoms with Gasteiger partial charge in [0.05, 0.1) is 12.7 Å². The highest BCUT2D eigenvalue weighted by Gasteiger charge is 2.32. The molecule has 1 unspecified atom stereocenters. The van der Waals surface area contributed by atoms with Gasteiger partial charge in [-0.1, -0.05) is 17.8 Å². The summed E-state index contributed by atoms with van der Waals surface area (Å²) in [7, 11) is 1.32. The molecule has 0 spiro atoms. The van der Waals surface area contributed by atoms with Crippen LogP contribution in [0.5, 0.6) is 0 Å². The Balaban J connectivity index is 2.17. The van der Waals surface area contributed by atoms with Crippen molar-refractivity contribution in [3.63, 3.8) is 0 Å². The van der Waals surface area contributed by atoms with Crippen LogP contribution in [0.25, 0.3) is 0 Å². The second-order valence-electron chi connectivity index (χ2n) is 4.48. The minimum atomic E-state index is -0.437. The minimum Gasteiger partial charge on any atom is -0.465 e. The molecule has 1 atom stereocenters. The van der Waals surface area contributed by atoms with Gasteiger partial charge in [-0.15, -0.1) is 0 Å². The fourth-order valence-corrected chi connectivity index (χ4v) is 3.08. The van der Waals surface area contributed by atoms with Gasteiger partial charge in [-0.25, -0.2) is 4.79 Å². The van der Waals surface area contributed by atoms with E-state index in [1.807, 2.05) is 0 Å². The van der Waals surface area contributed by atoms with Crippen molar-refractivity contribution in [3.8, 4) is 0 Å². The number of carbonyl (C=O) groups is 3. The van der Waals surface area contributed by atoms with Crippen molar-refractivity contribution < 1.29 is 19.1 Å².